The van der Waals surface area contributed by atoms with Crippen LogP contribution in [0.25, 0.3) is 0 Å². The highest BCUT2D eigenvalue weighted by atomic mass is 19.1. The van der Waals surface area contributed by atoms with Crippen LogP contribution in [0.2, 0.25) is 0 Å². The van der Waals surface area contributed by atoms with E-state index < -0.39 is 0 Å². The standard InChI is InChI=1S/C18H26FN3O2/c19-17-7-2-1-5-15(17)13-20-18(23)22-9-4-8-21(10-11-22)14-16-6-3-12-24-16/h1-2,5,7,16H,3-4,6,8-14H2,(H,20,23)/t16-/m1/s1. The van der Waals surface area contributed by atoms with Crippen LogP contribution in [-0.4, -0.2) is 61.3 Å². The number of nitrogens with zero attached hydrogens (tertiary/aromatic N) is 2. The minimum Gasteiger partial charge on any atom is -0.377 e. The first-order valence-electron chi connectivity index (χ1n) is 8.82. The summed E-state index contributed by atoms with van der Waals surface area (Å²) in [6.45, 7) is 5.38. The first-order valence-corrected chi connectivity index (χ1v) is 8.82. The van der Waals surface area contributed by atoms with Crippen molar-refractivity contribution in [2.45, 2.75) is 31.9 Å². The lowest BCUT2D eigenvalue weighted by atomic mass is 10.2. The summed E-state index contributed by atoms with van der Waals surface area (Å²) >= 11 is 0. The van der Waals surface area contributed by atoms with Crippen molar-refractivity contribution in [1.29, 1.82) is 0 Å². The van der Waals surface area contributed by atoms with Crippen molar-refractivity contribution < 1.29 is 13.9 Å². The van der Waals surface area contributed by atoms with E-state index in [0.29, 0.717) is 18.2 Å². The van der Waals surface area contributed by atoms with Crippen molar-refractivity contribution in [1.82, 2.24) is 15.1 Å². The molecule has 5 nitrogen and oxygen atoms in total. The Bertz CT molecular complexity index is 549. The minimum atomic E-state index is -0.281. The number of carbonyl (C=O) groups is 1. The lowest BCUT2D eigenvalue weighted by Crippen LogP contribution is -2.42. The molecule has 3 rings (SSSR count). The van der Waals surface area contributed by atoms with Crippen molar-refractivity contribution in [3.63, 3.8) is 0 Å². The Labute approximate surface area is 142 Å². The van der Waals surface area contributed by atoms with Gasteiger partial charge in [-0.3, -0.25) is 4.90 Å². The molecule has 0 bridgehead atoms. The van der Waals surface area contributed by atoms with Gasteiger partial charge >= 0.3 is 6.03 Å². The normalized spacial score (nSPS) is 22.4. The summed E-state index contributed by atoms with van der Waals surface area (Å²) in [5, 5.41) is 2.83. The highest BCUT2D eigenvalue weighted by Gasteiger charge is 2.23. The number of hydrogen-bond donors (Lipinski definition) is 1. The fraction of sp³-hybridized carbons (Fsp3) is 0.611. The summed E-state index contributed by atoms with van der Waals surface area (Å²) in [5.74, 6) is -0.281. The maximum absolute atomic E-state index is 13.6. The van der Waals surface area contributed by atoms with E-state index >= 15 is 0 Å². The molecule has 2 amide bonds. The van der Waals surface area contributed by atoms with E-state index in [0.717, 1.165) is 52.0 Å². The maximum atomic E-state index is 13.6. The molecule has 6 heteroatoms. The zero-order valence-electron chi connectivity index (χ0n) is 14.0. The summed E-state index contributed by atoms with van der Waals surface area (Å²) < 4.78 is 19.3. The molecule has 0 aliphatic carbocycles. The molecule has 2 fully saturated rings. The molecule has 0 spiro atoms. The van der Waals surface area contributed by atoms with Gasteiger partial charge in [0.2, 0.25) is 0 Å². The van der Waals surface area contributed by atoms with E-state index in [1.54, 1.807) is 18.2 Å². The number of urea groups is 1. The van der Waals surface area contributed by atoms with Gasteiger partial charge in [-0.05, 0) is 31.9 Å². The van der Waals surface area contributed by atoms with Crippen LogP contribution in [0.3, 0.4) is 0 Å². The summed E-state index contributed by atoms with van der Waals surface area (Å²) in [6.07, 6.45) is 3.61. The van der Waals surface area contributed by atoms with Gasteiger partial charge in [-0.1, -0.05) is 18.2 Å². The first-order chi connectivity index (χ1) is 11.7. The van der Waals surface area contributed by atoms with Gasteiger partial charge in [0.1, 0.15) is 5.82 Å². The average Bonchev–Trinajstić information content (AvgIpc) is 2.98. The van der Waals surface area contributed by atoms with E-state index in [1.165, 1.54) is 6.07 Å². The predicted octanol–water partition coefficient (Wildman–Crippen LogP) is 2.22. The Morgan fingerprint density at radius 2 is 2.08 bits per heavy atom. The van der Waals surface area contributed by atoms with Crippen LogP contribution in [0.1, 0.15) is 24.8 Å². The second-order valence-corrected chi connectivity index (χ2v) is 6.53. The van der Waals surface area contributed by atoms with Crippen molar-refractivity contribution in [2.75, 3.05) is 39.3 Å². The van der Waals surface area contributed by atoms with Gasteiger partial charge in [-0.25, -0.2) is 9.18 Å². The van der Waals surface area contributed by atoms with Crippen LogP contribution in [0, 0.1) is 5.82 Å². The molecule has 1 N–H and O–H groups in total. The summed E-state index contributed by atoms with van der Waals surface area (Å²) in [4.78, 5) is 16.6. The Morgan fingerprint density at radius 1 is 1.21 bits per heavy atom. The van der Waals surface area contributed by atoms with Gasteiger partial charge < -0.3 is 15.0 Å². The molecule has 2 heterocycles. The number of halogens is 1. The summed E-state index contributed by atoms with van der Waals surface area (Å²) in [7, 11) is 0. The van der Waals surface area contributed by atoms with Crippen molar-refractivity contribution in [3.05, 3.63) is 35.6 Å². The van der Waals surface area contributed by atoms with E-state index in [9.17, 15) is 9.18 Å². The Morgan fingerprint density at radius 3 is 2.88 bits per heavy atom. The van der Waals surface area contributed by atoms with E-state index in [4.69, 9.17) is 4.74 Å². The van der Waals surface area contributed by atoms with Crippen LogP contribution in [0.4, 0.5) is 9.18 Å². The molecule has 2 aliphatic rings. The van der Waals surface area contributed by atoms with Crippen molar-refractivity contribution in [3.8, 4) is 0 Å². The fourth-order valence-corrected chi connectivity index (χ4v) is 3.36. The maximum Gasteiger partial charge on any atom is 0.317 e. The van der Waals surface area contributed by atoms with E-state index in [2.05, 4.69) is 10.2 Å². The van der Waals surface area contributed by atoms with Gasteiger partial charge in [0.05, 0.1) is 6.10 Å². The van der Waals surface area contributed by atoms with Gasteiger partial charge in [-0.2, -0.15) is 0 Å². The Kier molecular flexibility index (Phi) is 6.04. The third kappa shape index (κ3) is 4.68. The third-order valence-electron chi connectivity index (χ3n) is 4.75. The average molecular weight is 335 g/mol. The molecule has 1 atom stereocenters. The molecule has 1 aromatic carbocycles. The lowest BCUT2D eigenvalue weighted by molar-refractivity contribution is 0.0746. The molecule has 2 saturated heterocycles. The first kappa shape index (κ1) is 17.2. The van der Waals surface area contributed by atoms with E-state index in [-0.39, 0.29) is 18.4 Å². The molecular formula is C18H26FN3O2. The summed E-state index contributed by atoms with van der Waals surface area (Å²) in [5.41, 5.74) is 0.515. The highest BCUT2D eigenvalue weighted by molar-refractivity contribution is 5.74. The quantitative estimate of drug-likeness (QED) is 0.918. The van der Waals surface area contributed by atoms with Crippen molar-refractivity contribution >= 4 is 6.03 Å². The molecule has 24 heavy (non-hydrogen) atoms. The highest BCUT2D eigenvalue weighted by Crippen LogP contribution is 2.14. The largest absolute Gasteiger partial charge is 0.377 e. The minimum absolute atomic E-state index is 0.114. The number of benzene rings is 1. The second kappa shape index (κ2) is 8.44. The van der Waals surface area contributed by atoms with Crippen LogP contribution in [0.15, 0.2) is 24.3 Å². The third-order valence-corrected chi connectivity index (χ3v) is 4.75. The number of nitrogens with one attached hydrogen (secondary N) is 1. The fourth-order valence-electron chi connectivity index (χ4n) is 3.36. The zero-order valence-corrected chi connectivity index (χ0v) is 14.0. The molecule has 132 valence electrons. The van der Waals surface area contributed by atoms with Crippen LogP contribution in [0.5, 0.6) is 0 Å². The number of hydrogen-bond acceptors (Lipinski definition) is 3. The molecule has 0 unspecified atom stereocenters. The van der Waals surface area contributed by atoms with Crippen LogP contribution < -0.4 is 5.32 Å². The SMILES string of the molecule is O=C(NCc1ccccc1F)N1CCCN(C[C@H]2CCCO2)CC1. The molecule has 0 aromatic heterocycles. The molecule has 0 radical (unpaired) electrons. The van der Waals surface area contributed by atoms with Crippen molar-refractivity contribution in [2.24, 2.45) is 0 Å². The number of amides is 2. The van der Waals surface area contributed by atoms with E-state index in [1.807, 2.05) is 4.90 Å². The number of ether oxygens (including phenoxy) is 1. The predicted molar refractivity (Wildman–Crippen MR) is 90.2 cm³/mol. The molecule has 1 aromatic rings. The monoisotopic (exact) mass is 335 g/mol. The van der Waals surface area contributed by atoms with Crippen LogP contribution in [-0.2, 0) is 11.3 Å². The molecular weight excluding hydrogens is 309 g/mol. The van der Waals surface area contributed by atoms with Gasteiger partial charge in [0.25, 0.3) is 0 Å². The van der Waals surface area contributed by atoms with Gasteiger partial charge in [-0.15, -0.1) is 0 Å². The lowest BCUT2D eigenvalue weighted by Gasteiger charge is -2.24. The number of carbonyl (C=O) groups excluding carboxylic acids is 1. The smallest absolute Gasteiger partial charge is 0.317 e. The van der Waals surface area contributed by atoms with Gasteiger partial charge in [0, 0.05) is 44.9 Å². The summed E-state index contributed by atoms with van der Waals surface area (Å²) in [6, 6.07) is 6.42. The Balaban J connectivity index is 1.44. The molecule has 0 saturated carbocycles. The van der Waals surface area contributed by atoms with Gasteiger partial charge in [0.15, 0.2) is 0 Å². The topological polar surface area (TPSA) is 44.8 Å². The second-order valence-electron chi connectivity index (χ2n) is 6.53. The van der Waals surface area contributed by atoms with Crippen LogP contribution >= 0.6 is 0 Å². The molecule has 2 aliphatic heterocycles. The zero-order chi connectivity index (χ0) is 16.8. The number of rotatable bonds is 4. The Hall–Kier alpha value is -1.66.